The molecule has 1 heterocycles. The number of aromatic nitrogens is 1. The van der Waals surface area contributed by atoms with E-state index in [1.165, 1.54) is 0 Å². The lowest BCUT2D eigenvalue weighted by Crippen LogP contribution is -2.11. The summed E-state index contributed by atoms with van der Waals surface area (Å²) in [6.45, 7) is 0. The molecule has 5 nitrogen and oxygen atoms in total. The average Bonchev–Trinajstić information content (AvgIpc) is 3.04. The third-order valence-electron chi connectivity index (χ3n) is 3.09. The van der Waals surface area contributed by atoms with Crippen molar-refractivity contribution in [3.63, 3.8) is 0 Å². The van der Waals surface area contributed by atoms with E-state index in [4.69, 9.17) is 9.78 Å². The molecule has 106 valence electrons. The highest BCUT2D eigenvalue weighted by Crippen LogP contribution is 2.21. The van der Waals surface area contributed by atoms with Crippen molar-refractivity contribution >= 4 is 11.8 Å². The van der Waals surface area contributed by atoms with Crippen molar-refractivity contribution in [3.05, 3.63) is 71.8 Å². The molecular formula is C17H11N3O2. The van der Waals surface area contributed by atoms with Crippen LogP contribution >= 0.6 is 0 Å². The van der Waals surface area contributed by atoms with Crippen LogP contribution in [0, 0.1) is 11.3 Å². The zero-order valence-corrected chi connectivity index (χ0v) is 11.5. The van der Waals surface area contributed by atoms with Crippen molar-refractivity contribution in [1.29, 1.82) is 5.26 Å². The summed E-state index contributed by atoms with van der Waals surface area (Å²) < 4.78 is 5.12. The minimum Gasteiger partial charge on any atom is -0.338 e. The van der Waals surface area contributed by atoms with Crippen LogP contribution in [-0.2, 0) is 0 Å². The summed E-state index contributed by atoms with van der Waals surface area (Å²) in [6, 6.07) is 19.5. The summed E-state index contributed by atoms with van der Waals surface area (Å²) in [5.41, 5.74) is 2.50. The molecule has 0 aliphatic carbocycles. The second kappa shape index (κ2) is 5.94. The Labute approximate surface area is 126 Å². The lowest BCUT2D eigenvalue weighted by Gasteiger charge is -2.00. The maximum absolute atomic E-state index is 12.1. The van der Waals surface area contributed by atoms with Crippen LogP contribution in [0.25, 0.3) is 11.3 Å². The molecule has 0 unspecified atom stereocenters. The third-order valence-corrected chi connectivity index (χ3v) is 3.09. The van der Waals surface area contributed by atoms with Gasteiger partial charge < -0.3 is 4.52 Å². The Morgan fingerprint density at radius 2 is 1.82 bits per heavy atom. The van der Waals surface area contributed by atoms with Gasteiger partial charge in [-0.1, -0.05) is 35.5 Å². The second-order valence-corrected chi connectivity index (χ2v) is 4.59. The van der Waals surface area contributed by atoms with Gasteiger partial charge in [-0.15, -0.1) is 0 Å². The predicted octanol–water partition coefficient (Wildman–Crippen LogP) is 3.47. The fraction of sp³-hybridized carbons (Fsp3) is 0. The zero-order valence-electron chi connectivity index (χ0n) is 11.5. The van der Waals surface area contributed by atoms with Gasteiger partial charge in [0.05, 0.1) is 11.6 Å². The van der Waals surface area contributed by atoms with Gasteiger partial charge in [-0.2, -0.15) is 5.26 Å². The van der Waals surface area contributed by atoms with E-state index in [-0.39, 0.29) is 11.8 Å². The van der Waals surface area contributed by atoms with E-state index in [9.17, 15) is 4.79 Å². The molecule has 5 heteroatoms. The minimum absolute atomic E-state index is 0.271. The van der Waals surface area contributed by atoms with Crippen molar-refractivity contribution in [2.75, 3.05) is 5.32 Å². The van der Waals surface area contributed by atoms with Crippen LogP contribution in [0.1, 0.15) is 15.9 Å². The summed E-state index contributed by atoms with van der Waals surface area (Å²) in [6.07, 6.45) is 0. The van der Waals surface area contributed by atoms with Crippen LogP contribution in [0.5, 0.6) is 0 Å². The Bertz CT molecular complexity index is 830. The van der Waals surface area contributed by atoms with Gasteiger partial charge in [-0.3, -0.25) is 10.1 Å². The maximum Gasteiger partial charge on any atom is 0.258 e. The van der Waals surface area contributed by atoms with Gasteiger partial charge in [-0.05, 0) is 24.3 Å². The van der Waals surface area contributed by atoms with Crippen molar-refractivity contribution in [1.82, 2.24) is 5.16 Å². The summed E-state index contributed by atoms with van der Waals surface area (Å²) in [5, 5.41) is 15.3. The summed E-state index contributed by atoms with van der Waals surface area (Å²) in [4.78, 5) is 12.1. The Hall–Kier alpha value is -3.39. The highest BCUT2D eigenvalue weighted by molar-refractivity contribution is 6.03. The molecule has 22 heavy (non-hydrogen) atoms. The van der Waals surface area contributed by atoms with E-state index >= 15 is 0 Å². The molecule has 1 aromatic heterocycles. The average molecular weight is 289 g/mol. The fourth-order valence-electron chi connectivity index (χ4n) is 1.96. The Morgan fingerprint density at radius 1 is 1.09 bits per heavy atom. The Morgan fingerprint density at radius 3 is 2.50 bits per heavy atom. The zero-order chi connectivity index (χ0) is 15.4. The van der Waals surface area contributed by atoms with E-state index in [1.807, 2.05) is 36.4 Å². The van der Waals surface area contributed by atoms with E-state index < -0.39 is 0 Å². The van der Waals surface area contributed by atoms with Gasteiger partial charge in [0.2, 0.25) is 5.88 Å². The first-order valence-corrected chi connectivity index (χ1v) is 6.60. The number of nitrogens with zero attached hydrogens (tertiary/aromatic N) is 2. The summed E-state index contributed by atoms with van der Waals surface area (Å²) in [5.74, 6) is -0.0477. The number of carbonyl (C=O) groups excluding carboxylic acids is 1. The van der Waals surface area contributed by atoms with Gasteiger partial charge in [0, 0.05) is 17.2 Å². The highest BCUT2D eigenvalue weighted by Gasteiger charge is 2.11. The van der Waals surface area contributed by atoms with Crippen molar-refractivity contribution in [2.45, 2.75) is 0 Å². The number of nitrogens with one attached hydrogen (secondary N) is 1. The molecule has 0 saturated carbocycles. The quantitative estimate of drug-likeness (QED) is 0.800. The summed E-state index contributed by atoms with van der Waals surface area (Å²) in [7, 11) is 0. The van der Waals surface area contributed by atoms with Crippen molar-refractivity contribution < 1.29 is 9.32 Å². The first kappa shape index (κ1) is 13.6. The van der Waals surface area contributed by atoms with Crippen molar-refractivity contribution in [2.24, 2.45) is 0 Å². The number of hydrogen-bond acceptors (Lipinski definition) is 4. The van der Waals surface area contributed by atoms with Crippen LogP contribution < -0.4 is 5.32 Å². The molecule has 0 spiro atoms. The molecule has 3 rings (SSSR count). The van der Waals surface area contributed by atoms with Crippen LogP contribution in [-0.4, -0.2) is 11.1 Å². The van der Waals surface area contributed by atoms with Crippen LogP contribution in [0.4, 0.5) is 5.88 Å². The molecule has 0 bridgehead atoms. The normalized spacial score (nSPS) is 9.95. The topological polar surface area (TPSA) is 78.9 Å². The number of amides is 1. The SMILES string of the molecule is N#Cc1ccc(C(=O)Nc2cc(-c3ccccc3)no2)cc1. The number of rotatable bonds is 3. The first-order valence-electron chi connectivity index (χ1n) is 6.60. The van der Waals surface area contributed by atoms with E-state index in [2.05, 4.69) is 10.5 Å². The van der Waals surface area contributed by atoms with Crippen LogP contribution in [0.2, 0.25) is 0 Å². The fourth-order valence-corrected chi connectivity index (χ4v) is 1.96. The van der Waals surface area contributed by atoms with E-state index in [0.717, 1.165) is 5.56 Å². The second-order valence-electron chi connectivity index (χ2n) is 4.59. The van der Waals surface area contributed by atoms with Gasteiger partial charge in [-0.25, -0.2) is 0 Å². The van der Waals surface area contributed by atoms with Gasteiger partial charge in [0.15, 0.2) is 0 Å². The van der Waals surface area contributed by atoms with E-state index in [1.54, 1.807) is 30.3 Å². The molecule has 0 aliphatic rings. The first-order chi connectivity index (χ1) is 10.8. The van der Waals surface area contributed by atoms with Crippen LogP contribution in [0.15, 0.2) is 65.2 Å². The molecule has 1 amide bonds. The van der Waals surface area contributed by atoms with Gasteiger partial charge in [0.1, 0.15) is 5.69 Å². The highest BCUT2D eigenvalue weighted by atomic mass is 16.5. The molecule has 1 N–H and O–H groups in total. The molecule has 0 atom stereocenters. The monoisotopic (exact) mass is 289 g/mol. The summed E-state index contributed by atoms with van der Waals surface area (Å²) >= 11 is 0. The molecule has 0 fully saturated rings. The molecule has 2 aromatic carbocycles. The molecule has 3 aromatic rings. The molecule has 0 aliphatic heterocycles. The van der Waals surface area contributed by atoms with Gasteiger partial charge >= 0.3 is 0 Å². The minimum atomic E-state index is -0.319. The molecular weight excluding hydrogens is 278 g/mol. The van der Waals surface area contributed by atoms with Gasteiger partial charge in [0.25, 0.3) is 5.91 Å². The number of nitriles is 1. The Balaban J connectivity index is 1.74. The maximum atomic E-state index is 12.1. The number of anilines is 1. The smallest absolute Gasteiger partial charge is 0.258 e. The third kappa shape index (κ3) is 2.86. The Kier molecular flexibility index (Phi) is 3.67. The largest absolute Gasteiger partial charge is 0.338 e. The lowest BCUT2D eigenvalue weighted by atomic mass is 10.1. The van der Waals surface area contributed by atoms with E-state index in [0.29, 0.717) is 16.8 Å². The molecule has 0 radical (unpaired) electrons. The van der Waals surface area contributed by atoms with Crippen molar-refractivity contribution in [3.8, 4) is 17.3 Å². The lowest BCUT2D eigenvalue weighted by molar-refractivity contribution is 0.102. The van der Waals surface area contributed by atoms with Crippen LogP contribution in [0.3, 0.4) is 0 Å². The molecule has 0 saturated heterocycles. The number of carbonyl (C=O) groups is 1. The number of hydrogen-bond donors (Lipinski definition) is 1. The number of benzene rings is 2. The standard InChI is InChI=1S/C17H11N3O2/c18-11-12-6-8-14(9-7-12)17(21)19-16-10-15(20-22-16)13-4-2-1-3-5-13/h1-10H,(H,19,21). The predicted molar refractivity (Wildman–Crippen MR) is 81.0 cm³/mol.